The zero-order valence-corrected chi connectivity index (χ0v) is 25.1. The largest absolute Gasteiger partial charge is 0.383 e. The first-order valence-corrected chi connectivity index (χ1v) is 15.2. The van der Waals surface area contributed by atoms with E-state index >= 15 is 0 Å². The number of methoxy groups -OCH3 is 1. The number of benzene rings is 3. The third kappa shape index (κ3) is 6.68. The molecule has 2 aromatic heterocycles. The summed E-state index contributed by atoms with van der Waals surface area (Å²) < 4.78 is 7.94. The van der Waals surface area contributed by atoms with Crippen molar-refractivity contribution in [2.45, 2.75) is 45.7 Å². The summed E-state index contributed by atoms with van der Waals surface area (Å²) in [6, 6.07) is 27.8. The van der Waals surface area contributed by atoms with Crippen molar-refractivity contribution in [2.75, 3.05) is 38.4 Å². The number of hydrogen-bond donors (Lipinski definition) is 1. The van der Waals surface area contributed by atoms with Crippen LogP contribution in [0.2, 0.25) is 0 Å². The quantitative estimate of drug-likeness (QED) is 0.196. The average molecular weight is 577 g/mol. The van der Waals surface area contributed by atoms with Crippen molar-refractivity contribution in [1.82, 2.24) is 35.1 Å². The molecule has 0 amide bonds. The summed E-state index contributed by atoms with van der Waals surface area (Å²) in [5.41, 5.74) is 7.12. The van der Waals surface area contributed by atoms with Gasteiger partial charge in [-0.25, -0.2) is 10.1 Å². The molecule has 6 rings (SSSR count). The summed E-state index contributed by atoms with van der Waals surface area (Å²) in [4.78, 5) is 10.3. The van der Waals surface area contributed by atoms with Gasteiger partial charge >= 0.3 is 0 Å². The molecule has 0 fully saturated rings. The molecule has 9 heteroatoms. The lowest BCUT2D eigenvalue weighted by Crippen LogP contribution is -2.45. The Morgan fingerprint density at radius 1 is 0.860 bits per heavy atom. The van der Waals surface area contributed by atoms with E-state index in [9.17, 15) is 0 Å². The lowest BCUT2D eigenvalue weighted by molar-refractivity contribution is 0.138. The molecule has 222 valence electrons. The van der Waals surface area contributed by atoms with Crippen molar-refractivity contribution in [1.29, 1.82) is 0 Å². The second-order valence-electron chi connectivity index (χ2n) is 11.2. The van der Waals surface area contributed by atoms with Gasteiger partial charge in [0.15, 0.2) is 11.6 Å². The highest BCUT2D eigenvalue weighted by Gasteiger charge is 2.29. The molecule has 43 heavy (non-hydrogen) atoms. The number of aromatic amines is 1. The molecular formula is C34H40N8O. The number of fused-ring (bicyclic) bond motifs is 1. The predicted molar refractivity (Wildman–Crippen MR) is 170 cm³/mol. The number of anilines is 1. The van der Waals surface area contributed by atoms with E-state index < -0.39 is 0 Å². The van der Waals surface area contributed by atoms with Crippen LogP contribution in [0, 0.1) is 0 Å². The highest BCUT2D eigenvalue weighted by molar-refractivity contribution is 5.80. The molecule has 0 bridgehead atoms. The first-order chi connectivity index (χ1) is 21.2. The summed E-state index contributed by atoms with van der Waals surface area (Å²) >= 11 is 0. The molecule has 1 aliphatic heterocycles. The summed E-state index contributed by atoms with van der Waals surface area (Å²) in [7, 11) is 1.78. The van der Waals surface area contributed by atoms with Crippen molar-refractivity contribution >= 4 is 5.82 Å². The van der Waals surface area contributed by atoms with Gasteiger partial charge in [-0.1, -0.05) is 92.2 Å². The monoisotopic (exact) mass is 576 g/mol. The van der Waals surface area contributed by atoms with E-state index in [0.29, 0.717) is 12.4 Å². The first kappa shape index (κ1) is 28.8. The summed E-state index contributed by atoms with van der Waals surface area (Å²) in [5.74, 6) is 2.99. The number of aryl methyl sites for hydroxylation is 1. The van der Waals surface area contributed by atoms with Crippen molar-refractivity contribution in [3.8, 4) is 22.5 Å². The molecule has 0 unspecified atom stereocenters. The fourth-order valence-corrected chi connectivity index (χ4v) is 5.86. The Balaban J connectivity index is 1.29. The number of imidazole rings is 1. The van der Waals surface area contributed by atoms with Gasteiger partial charge in [-0.3, -0.25) is 4.90 Å². The van der Waals surface area contributed by atoms with Crippen LogP contribution in [0.5, 0.6) is 0 Å². The Morgan fingerprint density at radius 3 is 2.40 bits per heavy atom. The molecule has 9 nitrogen and oxygen atoms in total. The van der Waals surface area contributed by atoms with Gasteiger partial charge in [-0.05, 0) is 45.5 Å². The molecule has 3 aromatic carbocycles. The molecule has 0 spiro atoms. The van der Waals surface area contributed by atoms with Crippen LogP contribution in [0.25, 0.3) is 22.5 Å². The van der Waals surface area contributed by atoms with E-state index in [0.717, 1.165) is 81.0 Å². The number of rotatable bonds is 13. The maximum Gasteiger partial charge on any atom is 0.180 e. The van der Waals surface area contributed by atoms with Crippen LogP contribution < -0.4 is 4.90 Å². The number of aromatic nitrogens is 6. The number of H-pyrrole nitrogens is 1. The summed E-state index contributed by atoms with van der Waals surface area (Å²) in [6.07, 6.45) is 4.23. The summed E-state index contributed by atoms with van der Waals surface area (Å²) in [6.45, 7) is 7.31. The van der Waals surface area contributed by atoms with Crippen LogP contribution in [0.4, 0.5) is 5.82 Å². The minimum Gasteiger partial charge on any atom is -0.383 e. The molecule has 1 N–H and O–H groups in total. The third-order valence-electron chi connectivity index (χ3n) is 8.19. The average Bonchev–Trinajstić information content (AvgIpc) is 3.71. The molecule has 5 aromatic rings. The van der Waals surface area contributed by atoms with E-state index in [1.54, 1.807) is 7.11 Å². The molecule has 0 atom stereocenters. The van der Waals surface area contributed by atoms with Gasteiger partial charge in [0.2, 0.25) is 0 Å². The fourth-order valence-electron chi connectivity index (χ4n) is 5.86. The van der Waals surface area contributed by atoms with Gasteiger partial charge in [0.05, 0.1) is 19.0 Å². The Morgan fingerprint density at radius 2 is 1.65 bits per heavy atom. The number of nitrogens with one attached hydrogen (secondary N) is 1. The number of hydrogen-bond acceptors (Lipinski definition) is 7. The molecule has 0 radical (unpaired) electrons. The van der Waals surface area contributed by atoms with Gasteiger partial charge in [0.1, 0.15) is 5.82 Å². The van der Waals surface area contributed by atoms with Crippen LogP contribution in [-0.2, 0) is 30.7 Å². The van der Waals surface area contributed by atoms with Gasteiger partial charge in [0.25, 0.3) is 0 Å². The van der Waals surface area contributed by atoms with E-state index in [2.05, 4.69) is 103 Å². The number of ether oxygens (including phenoxy) is 1. The number of tetrazole rings is 1. The lowest BCUT2D eigenvalue weighted by atomic mass is 9.98. The third-order valence-corrected chi connectivity index (χ3v) is 8.19. The SMILES string of the molecule is CCCCc1nc2c(n1Cc1ccc(-c3ccccc3-c3nnn[nH]3)cc1)CN(CCOC)CN2CCc1ccccc1. The minimum absolute atomic E-state index is 0.667. The Bertz CT molecular complexity index is 1580. The second-order valence-corrected chi connectivity index (χ2v) is 11.2. The van der Waals surface area contributed by atoms with Gasteiger partial charge in [-0.2, -0.15) is 0 Å². The number of nitrogens with zero attached hydrogens (tertiary/aromatic N) is 7. The normalized spacial score (nSPS) is 13.4. The maximum atomic E-state index is 5.47. The van der Waals surface area contributed by atoms with Gasteiger partial charge < -0.3 is 14.2 Å². The predicted octanol–water partition coefficient (Wildman–Crippen LogP) is 5.59. The van der Waals surface area contributed by atoms with Gasteiger partial charge in [-0.15, -0.1) is 5.10 Å². The van der Waals surface area contributed by atoms with Crippen LogP contribution in [0.1, 0.15) is 42.4 Å². The number of unbranched alkanes of at least 4 members (excludes halogenated alkanes) is 1. The summed E-state index contributed by atoms with van der Waals surface area (Å²) in [5, 5.41) is 14.6. The van der Waals surface area contributed by atoms with E-state index in [4.69, 9.17) is 9.72 Å². The topological polar surface area (TPSA) is 88.0 Å². The highest BCUT2D eigenvalue weighted by Crippen LogP contribution is 2.32. The van der Waals surface area contributed by atoms with Crippen molar-refractivity contribution in [3.63, 3.8) is 0 Å². The molecule has 1 aliphatic rings. The lowest BCUT2D eigenvalue weighted by Gasteiger charge is -2.36. The van der Waals surface area contributed by atoms with Crippen LogP contribution in [0.15, 0.2) is 78.9 Å². The van der Waals surface area contributed by atoms with Crippen molar-refractivity contribution in [2.24, 2.45) is 0 Å². The van der Waals surface area contributed by atoms with Crippen molar-refractivity contribution < 1.29 is 4.74 Å². The zero-order chi connectivity index (χ0) is 29.4. The molecule has 3 heterocycles. The Kier molecular flexibility index (Phi) is 9.20. The molecule has 0 saturated carbocycles. The zero-order valence-electron chi connectivity index (χ0n) is 25.1. The second kappa shape index (κ2) is 13.8. The van der Waals surface area contributed by atoms with Crippen LogP contribution >= 0.6 is 0 Å². The van der Waals surface area contributed by atoms with Gasteiger partial charge in [0, 0.05) is 45.3 Å². The standard InChI is InChI=1S/C34H40N8O/c1-3-4-14-32-35-34-31(24-40(21-22-43-2)25-41(34)20-19-26-10-6-5-7-11-26)42(32)23-27-15-17-28(18-16-27)29-12-8-9-13-30(29)33-36-38-39-37-33/h5-13,15-18H,3-4,14,19-25H2,1-2H3,(H,36,37,38,39). The molecular weight excluding hydrogens is 536 g/mol. The smallest absolute Gasteiger partial charge is 0.180 e. The van der Waals surface area contributed by atoms with Crippen molar-refractivity contribution in [3.05, 3.63) is 102 Å². The molecule has 0 aliphatic carbocycles. The van der Waals surface area contributed by atoms with Crippen LogP contribution in [0.3, 0.4) is 0 Å². The van der Waals surface area contributed by atoms with E-state index in [1.165, 1.54) is 22.6 Å². The van der Waals surface area contributed by atoms with E-state index in [-0.39, 0.29) is 0 Å². The minimum atomic E-state index is 0.667. The maximum absolute atomic E-state index is 5.47. The highest BCUT2D eigenvalue weighted by atomic mass is 16.5. The fraction of sp³-hybridized carbons (Fsp3) is 0.353. The first-order valence-electron chi connectivity index (χ1n) is 15.2. The Labute approximate surface area is 253 Å². The van der Waals surface area contributed by atoms with E-state index in [1.807, 2.05) is 18.2 Å². The Hall–Kier alpha value is -4.34. The van der Waals surface area contributed by atoms with Crippen LogP contribution in [-0.4, -0.2) is 68.6 Å². The molecule has 0 saturated heterocycles.